The molecule has 120 valence electrons. The maximum absolute atomic E-state index is 12.6. The number of alkyl halides is 3. The van der Waals surface area contributed by atoms with Crippen molar-refractivity contribution in [1.29, 1.82) is 0 Å². The van der Waals surface area contributed by atoms with Gasteiger partial charge in [-0.15, -0.1) is 6.58 Å². The van der Waals surface area contributed by atoms with Gasteiger partial charge in [0.2, 0.25) is 5.95 Å². The van der Waals surface area contributed by atoms with Gasteiger partial charge in [0.1, 0.15) is 0 Å². The number of carbonyl (C=O) groups is 1. The molecule has 23 heavy (non-hydrogen) atoms. The third-order valence-corrected chi connectivity index (χ3v) is 2.77. The zero-order valence-corrected chi connectivity index (χ0v) is 11.9. The minimum atomic E-state index is -4.47. The highest BCUT2D eigenvalue weighted by Gasteiger charge is 2.30. The number of hydrogen-bond donors (Lipinski definition) is 2. The van der Waals surface area contributed by atoms with E-state index in [-0.39, 0.29) is 11.3 Å². The monoisotopic (exact) mass is 322 g/mol. The molecule has 8 heteroatoms. The molecule has 1 aromatic carbocycles. The number of halogens is 3. The summed E-state index contributed by atoms with van der Waals surface area (Å²) >= 11 is 0. The number of carbonyl (C=O) groups excluding carboxylic acids is 1. The van der Waals surface area contributed by atoms with Gasteiger partial charge < -0.3 is 10.6 Å². The van der Waals surface area contributed by atoms with Crippen LogP contribution in [0.1, 0.15) is 15.9 Å². The minimum Gasteiger partial charge on any atom is -0.351 e. The summed E-state index contributed by atoms with van der Waals surface area (Å²) in [6, 6.07) is 4.38. The summed E-state index contributed by atoms with van der Waals surface area (Å²) in [5, 5.41) is 5.22. The molecule has 0 aliphatic heterocycles. The van der Waals surface area contributed by atoms with Crippen molar-refractivity contribution in [2.45, 2.75) is 6.18 Å². The largest absolute Gasteiger partial charge is 0.416 e. The summed E-state index contributed by atoms with van der Waals surface area (Å²) in [6.07, 6.45) is -0.289. The fourth-order valence-electron chi connectivity index (χ4n) is 1.68. The molecule has 0 unspecified atom stereocenters. The first-order valence-electron chi connectivity index (χ1n) is 6.55. The number of amides is 1. The van der Waals surface area contributed by atoms with Crippen molar-refractivity contribution in [3.8, 4) is 0 Å². The number of benzene rings is 1. The Morgan fingerprint density at radius 3 is 2.57 bits per heavy atom. The summed E-state index contributed by atoms with van der Waals surface area (Å²) in [6.45, 7) is 4.00. The van der Waals surface area contributed by atoms with Gasteiger partial charge in [-0.1, -0.05) is 12.1 Å². The van der Waals surface area contributed by atoms with Crippen molar-refractivity contribution in [1.82, 2.24) is 9.97 Å². The summed E-state index contributed by atoms with van der Waals surface area (Å²) < 4.78 is 37.9. The molecular formula is C15H13F3N4O. The van der Waals surface area contributed by atoms with Gasteiger partial charge in [0.05, 0.1) is 11.1 Å². The maximum atomic E-state index is 12.6. The number of nitrogens with one attached hydrogen (secondary N) is 2. The Morgan fingerprint density at radius 2 is 1.96 bits per heavy atom. The molecule has 0 bridgehead atoms. The average Bonchev–Trinajstić information content (AvgIpc) is 2.53. The van der Waals surface area contributed by atoms with E-state index in [1.165, 1.54) is 24.5 Å². The Hall–Kier alpha value is -2.90. The van der Waals surface area contributed by atoms with Crippen LogP contribution in [0.3, 0.4) is 0 Å². The molecule has 1 aromatic heterocycles. The van der Waals surface area contributed by atoms with Crippen LogP contribution >= 0.6 is 0 Å². The van der Waals surface area contributed by atoms with E-state index in [4.69, 9.17) is 0 Å². The van der Waals surface area contributed by atoms with Crippen LogP contribution in [0.15, 0.2) is 49.3 Å². The molecule has 0 aliphatic rings. The van der Waals surface area contributed by atoms with Crippen LogP contribution in [0.2, 0.25) is 0 Å². The van der Waals surface area contributed by atoms with Crippen LogP contribution in [-0.2, 0) is 6.18 Å². The van der Waals surface area contributed by atoms with E-state index in [1.807, 2.05) is 0 Å². The quantitative estimate of drug-likeness (QED) is 0.829. The molecule has 0 saturated carbocycles. The molecule has 0 fully saturated rings. The van der Waals surface area contributed by atoms with Crippen molar-refractivity contribution in [3.05, 3.63) is 60.4 Å². The van der Waals surface area contributed by atoms with Gasteiger partial charge in [-0.3, -0.25) is 4.79 Å². The number of nitrogens with zero attached hydrogens (tertiary/aromatic N) is 2. The predicted octanol–water partition coefficient (Wildman–Crippen LogP) is 3.35. The molecule has 0 aliphatic carbocycles. The van der Waals surface area contributed by atoms with Crippen molar-refractivity contribution in [2.75, 3.05) is 17.2 Å². The average molecular weight is 322 g/mol. The van der Waals surface area contributed by atoms with Gasteiger partial charge in [0, 0.05) is 24.6 Å². The second-order valence-corrected chi connectivity index (χ2v) is 4.50. The third-order valence-electron chi connectivity index (χ3n) is 2.77. The van der Waals surface area contributed by atoms with Crippen LogP contribution in [0.4, 0.5) is 24.8 Å². The van der Waals surface area contributed by atoms with Crippen molar-refractivity contribution in [3.63, 3.8) is 0 Å². The lowest BCUT2D eigenvalue weighted by atomic mass is 10.2. The van der Waals surface area contributed by atoms with Gasteiger partial charge in [-0.05, 0) is 18.2 Å². The first-order chi connectivity index (χ1) is 10.9. The van der Waals surface area contributed by atoms with Gasteiger partial charge in [0.15, 0.2) is 0 Å². The standard InChI is InChI=1S/C15H13F3N4O/c1-2-6-19-14-20-8-10(9-21-14)13(23)22-12-5-3-4-11(7-12)15(16,17)18/h2-5,7-9H,1,6H2,(H,22,23)(H,19,20,21). The smallest absolute Gasteiger partial charge is 0.351 e. The highest BCUT2D eigenvalue weighted by atomic mass is 19.4. The van der Waals surface area contributed by atoms with Crippen LogP contribution < -0.4 is 10.6 Å². The molecule has 0 spiro atoms. The highest BCUT2D eigenvalue weighted by molar-refractivity contribution is 6.03. The van der Waals surface area contributed by atoms with E-state index in [2.05, 4.69) is 27.2 Å². The molecule has 1 amide bonds. The summed E-state index contributed by atoms with van der Waals surface area (Å²) in [5.41, 5.74) is -0.666. The molecule has 0 radical (unpaired) electrons. The minimum absolute atomic E-state index is 0.0404. The number of rotatable bonds is 5. The molecule has 5 nitrogen and oxygen atoms in total. The van der Waals surface area contributed by atoms with E-state index >= 15 is 0 Å². The zero-order chi connectivity index (χ0) is 16.9. The fraction of sp³-hybridized carbons (Fsp3) is 0.133. The normalized spacial score (nSPS) is 10.9. The van der Waals surface area contributed by atoms with Crippen LogP contribution in [0.5, 0.6) is 0 Å². The summed E-state index contributed by atoms with van der Waals surface area (Å²) in [5.74, 6) is -0.278. The summed E-state index contributed by atoms with van der Waals surface area (Å²) in [4.78, 5) is 19.8. The lowest BCUT2D eigenvalue weighted by Crippen LogP contribution is -2.14. The SMILES string of the molecule is C=CCNc1ncc(C(=O)Nc2cccc(C(F)(F)F)c2)cn1. The Morgan fingerprint density at radius 1 is 1.26 bits per heavy atom. The van der Waals surface area contributed by atoms with Gasteiger partial charge in [0.25, 0.3) is 5.91 Å². The van der Waals surface area contributed by atoms with Crippen molar-refractivity contribution in [2.24, 2.45) is 0 Å². The first kappa shape index (κ1) is 16.5. The third kappa shape index (κ3) is 4.53. The van der Waals surface area contributed by atoms with E-state index in [9.17, 15) is 18.0 Å². The van der Waals surface area contributed by atoms with E-state index < -0.39 is 17.6 Å². The molecular weight excluding hydrogens is 309 g/mol. The van der Waals surface area contributed by atoms with Gasteiger partial charge >= 0.3 is 6.18 Å². The number of aromatic nitrogens is 2. The van der Waals surface area contributed by atoms with Gasteiger partial charge in [-0.25, -0.2) is 9.97 Å². The first-order valence-corrected chi connectivity index (χ1v) is 6.55. The predicted molar refractivity (Wildman–Crippen MR) is 80.1 cm³/mol. The van der Waals surface area contributed by atoms with Crippen LogP contribution in [-0.4, -0.2) is 22.4 Å². The number of hydrogen-bond acceptors (Lipinski definition) is 4. The van der Waals surface area contributed by atoms with E-state index in [1.54, 1.807) is 6.08 Å². The topological polar surface area (TPSA) is 66.9 Å². The van der Waals surface area contributed by atoms with Crippen molar-refractivity contribution < 1.29 is 18.0 Å². The lowest BCUT2D eigenvalue weighted by Gasteiger charge is -2.10. The summed E-state index contributed by atoms with van der Waals surface area (Å²) in [7, 11) is 0. The molecule has 0 atom stereocenters. The Bertz CT molecular complexity index is 699. The van der Waals surface area contributed by atoms with Crippen LogP contribution in [0, 0.1) is 0 Å². The van der Waals surface area contributed by atoms with E-state index in [0.717, 1.165) is 12.1 Å². The Balaban J connectivity index is 2.08. The molecule has 2 N–H and O–H groups in total. The zero-order valence-electron chi connectivity index (χ0n) is 11.9. The molecule has 2 rings (SSSR count). The second kappa shape index (κ2) is 6.91. The molecule has 2 aromatic rings. The maximum Gasteiger partial charge on any atom is 0.416 e. The van der Waals surface area contributed by atoms with Crippen LogP contribution in [0.25, 0.3) is 0 Å². The number of anilines is 2. The Kier molecular flexibility index (Phi) is 4.95. The van der Waals surface area contributed by atoms with Crippen molar-refractivity contribution >= 4 is 17.5 Å². The Labute approximate surface area is 130 Å². The fourth-order valence-corrected chi connectivity index (χ4v) is 1.68. The van der Waals surface area contributed by atoms with E-state index in [0.29, 0.717) is 12.5 Å². The highest BCUT2D eigenvalue weighted by Crippen LogP contribution is 2.30. The molecule has 0 saturated heterocycles. The lowest BCUT2D eigenvalue weighted by molar-refractivity contribution is -0.137. The second-order valence-electron chi connectivity index (χ2n) is 4.50. The van der Waals surface area contributed by atoms with Gasteiger partial charge in [-0.2, -0.15) is 13.2 Å². The molecule has 1 heterocycles.